The second-order valence-corrected chi connectivity index (χ2v) is 18.5. The van der Waals surface area contributed by atoms with Crippen LogP contribution >= 0.6 is 0 Å². The number of rotatable bonds is 5. The van der Waals surface area contributed by atoms with Gasteiger partial charge in [-0.2, -0.15) is 0 Å². The van der Waals surface area contributed by atoms with Crippen molar-refractivity contribution in [2.75, 3.05) is 11.9 Å². The smallest absolute Gasteiger partial charge is 0.259 e. The van der Waals surface area contributed by atoms with Gasteiger partial charge < -0.3 is 20.3 Å². The zero-order valence-electron chi connectivity index (χ0n) is 30.8. The van der Waals surface area contributed by atoms with E-state index in [-0.39, 0.29) is 25.3 Å². The number of allylic oxidation sites excluding steroid dienone is 1. The van der Waals surface area contributed by atoms with Gasteiger partial charge in [0, 0.05) is 29.0 Å². The number of hydrogen-bond donors (Lipinski definition) is 3. The van der Waals surface area contributed by atoms with Crippen LogP contribution in [0.5, 0.6) is 5.75 Å². The summed E-state index contributed by atoms with van der Waals surface area (Å²) in [5, 5.41) is 7.30. The Morgan fingerprint density at radius 1 is 1.04 bits per heavy atom. The second kappa shape index (κ2) is 13.6. The summed E-state index contributed by atoms with van der Waals surface area (Å²) in [5.41, 5.74) is 0.665. The third kappa shape index (κ3) is 6.51. The van der Waals surface area contributed by atoms with Crippen LogP contribution in [0.2, 0.25) is 0 Å². The zero-order chi connectivity index (χ0) is 37.9. The minimum absolute atomic E-state index is 0.117. The number of pyridine rings is 1. The number of aryl methyl sites for hydroxylation is 2. The fourth-order valence-corrected chi connectivity index (χ4v) is 10.1. The molecule has 13 heteroatoms. The van der Waals surface area contributed by atoms with Crippen LogP contribution in [0, 0.1) is 18.7 Å². The first-order chi connectivity index (χ1) is 25.8. The molecule has 3 amide bonds. The predicted molar refractivity (Wildman–Crippen MR) is 203 cm³/mol. The second-order valence-electron chi connectivity index (χ2n) is 16.3. The van der Waals surface area contributed by atoms with Gasteiger partial charge >= 0.3 is 0 Å². The monoisotopic (exact) mass is 757 g/mol. The molecule has 54 heavy (non-hydrogen) atoms. The Morgan fingerprint density at radius 3 is 2.61 bits per heavy atom. The number of sulfonamides is 1. The van der Waals surface area contributed by atoms with Gasteiger partial charge in [0.05, 0.1) is 22.5 Å². The summed E-state index contributed by atoms with van der Waals surface area (Å²) in [5.74, 6) is -1.80. The van der Waals surface area contributed by atoms with Gasteiger partial charge in [-0.1, -0.05) is 49.3 Å². The Bertz CT molecular complexity index is 2160. The van der Waals surface area contributed by atoms with Crippen LogP contribution in [0.1, 0.15) is 88.8 Å². The first-order valence-electron chi connectivity index (χ1n) is 19.3. The number of aromatic nitrogens is 1. The Hall–Kier alpha value is -4.52. The van der Waals surface area contributed by atoms with E-state index in [1.807, 2.05) is 43.3 Å². The Balaban J connectivity index is 1.16. The molecule has 3 aromatic rings. The highest BCUT2D eigenvalue weighted by Gasteiger charge is 2.59. The molecule has 2 aliphatic carbocycles. The molecule has 1 aromatic heterocycles. The summed E-state index contributed by atoms with van der Waals surface area (Å²) in [6.45, 7) is 3.63. The molecule has 3 aliphatic heterocycles. The van der Waals surface area contributed by atoms with Crippen LogP contribution in [0.3, 0.4) is 0 Å². The van der Waals surface area contributed by atoms with Crippen molar-refractivity contribution in [2.45, 2.75) is 119 Å². The molecule has 286 valence electrons. The largest absolute Gasteiger partial charge is 0.483 e. The van der Waals surface area contributed by atoms with E-state index in [9.17, 15) is 27.2 Å². The predicted octanol–water partition coefficient (Wildman–Crippen LogP) is 5.61. The zero-order valence-corrected chi connectivity index (χ0v) is 31.6. The third-order valence-corrected chi connectivity index (χ3v) is 14.7. The third-order valence-electron chi connectivity index (χ3n) is 12.5. The van der Waals surface area contributed by atoms with Gasteiger partial charge in [-0.25, -0.2) is 17.8 Å². The molecule has 4 heterocycles. The number of amides is 3. The topological polar surface area (TPSA) is 147 Å². The van der Waals surface area contributed by atoms with E-state index in [0.29, 0.717) is 50.0 Å². The number of carbonyl (C=O) groups is 3. The minimum Gasteiger partial charge on any atom is -0.483 e. The van der Waals surface area contributed by atoms with E-state index >= 15 is 0 Å². The van der Waals surface area contributed by atoms with Crippen molar-refractivity contribution in [2.24, 2.45) is 5.92 Å². The number of fused-ring (bicyclic) bond motifs is 5. The van der Waals surface area contributed by atoms with E-state index in [1.165, 1.54) is 12.1 Å². The standard InChI is InChI=1S/C41H48FN5O6S/c1-26-35-31(30-14-8-9-15-32(30)43-26)18-19-40(53-35)24-34-36(48)45-41(38(50)46-54(51,52)39(2)21-22-39)20-17-27(41)11-6-4-3-5-7-16-33(37(49)47(34)25-40)44-29-13-10-12-28(42)23-29/h6,8-15,23,27,33-34,44H,3-5,7,16-22,24-25H2,1-2H3,(H,45,48)(H,46,50). The molecular formula is C41H48FN5O6S. The summed E-state index contributed by atoms with van der Waals surface area (Å²) in [6, 6.07) is 12.1. The van der Waals surface area contributed by atoms with E-state index in [0.717, 1.165) is 47.8 Å². The molecule has 2 saturated carbocycles. The number of carbonyl (C=O) groups excluding carboxylic acids is 3. The van der Waals surface area contributed by atoms with Gasteiger partial charge in [-0.3, -0.25) is 19.1 Å². The number of anilines is 1. The van der Waals surface area contributed by atoms with Crippen molar-refractivity contribution in [3.63, 3.8) is 0 Å². The lowest BCUT2D eigenvalue weighted by Crippen LogP contribution is -2.70. The van der Waals surface area contributed by atoms with Crippen LogP contribution in [-0.4, -0.2) is 70.5 Å². The summed E-state index contributed by atoms with van der Waals surface area (Å²) < 4.78 is 49.1. The van der Waals surface area contributed by atoms with Crippen LogP contribution in [0.4, 0.5) is 10.1 Å². The van der Waals surface area contributed by atoms with Crippen LogP contribution < -0.4 is 20.1 Å². The normalized spacial score (nSPS) is 29.4. The average Bonchev–Trinajstić information content (AvgIpc) is 3.80. The van der Waals surface area contributed by atoms with Crippen molar-refractivity contribution >= 4 is 44.3 Å². The molecule has 5 atom stereocenters. The molecule has 5 aliphatic rings. The van der Waals surface area contributed by atoms with Crippen molar-refractivity contribution in [3.05, 3.63) is 77.8 Å². The van der Waals surface area contributed by atoms with Crippen LogP contribution in [0.25, 0.3) is 10.9 Å². The molecule has 8 rings (SSSR count). The van der Waals surface area contributed by atoms with E-state index in [4.69, 9.17) is 9.72 Å². The number of hydrogen-bond acceptors (Lipinski definition) is 8. The van der Waals surface area contributed by atoms with Gasteiger partial charge in [0.2, 0.25) is 21.8 Å². The maximum atomic E-state index is 14.8. The first kappa shape index (κ1) is 36.5. The molecule has 1 spiro atoms. The summed E-state index contributed by atoms with van der Waals surface area (Å²) in [6.07, 6.45) is 10.6. The molecule has 3 fully saturated rings. The fourth-order valence-electron chi connectivity index (χ4n) is 8.79. The molecule has 0 bridgehead atoms. The molecule has 1 saturated heterocycles. The highest BCUT2D eigenvalue weighted by atomic mass is 32.2. The van der Waals surface area contributed by atoms with Crippen molar-refractivity contribution in [1.82, 2.24) is 19.9 Å². The van der Waals surface area contributed by atoms with Gasteiger partial charge in [-0.15, -0.1) is 0 Å². The average molecular weight is 758 g/mol. The summed E-state index contributed by atoms with van der Waals surface area (Å²) in [4.78, 5) is 50.1. The van der Waals surface area contributed by atoms with Gasteiger partial charge in [0.15, 0.2) is 0 Å². The van der Waals surface area contributed by atoms with Crippen LogP contribution in [-0.2, 0) is 30.8 Å². The Kier molecular flexibility index (Phi) is 9.22. The lowest BCUT2D eigenvalue weighted by molar-refractivity contribution is -0.144. The number of nitrogens with zero attached hydrogens (tertiary/aromatic N) is 2. The summed E-state index contributed by atoms with van der Waals surface area (Å²) in [7, 11) is -3.98. The molecule has 2 aromatic carbocycles. The lowest BCUT2D eigenvalue weighted by Gasteiger charge is -2.48. The SMILES string of the molecule is Cc1nc2ccccc2c2c1OC1(CC2)CC2C(=O)NC3(C(=O)NS(=O)(=O)C4(C)CC4)CCC3C=CCCCCCC(Nc3cccc(F)c3)C(=O)N2C1. The Morgan fingerprint density at radius 2 is 1.85 bits per heavy atom. The van der Waals surface area contributed by atoms with E-state index < -0.39 is 61.5 Å². The van der Waals surface area contributed by atoms with Crippen molar-refractivity contribution in [1.29, 1.82) is 0 Å². The van der Waals surface area contributed by atoms with Crippen molar-refractivity contribution in [3.8, 4) is 5.75 Å². The fraction of sp³-hybridized carbons (Fsp3) is 0.512. The molecular weight excluding hydrogens is 710 g/mol. The Labute approximate surface area is 315 Å². The van der Waals surface area contributed by atoms with E-state index in [1.54, 1.807) is 24.0 Å². The van der Waals surface area contributed by atoms with Gasteiger partial charge in [0.25, 0.3) is 5.91 Å². The summed E-state index contributed by atoms with van der Waals surface area (Å²) >= 11 is 0. The van der Waals surface area contributed by atoms with E-state index in [2.05, 4.69) is 15.4 Å². The van der Waals surface area contributed by atoms with Gasteiger partial charge in [0.1, 0.15) is 34.8 Å². The maximum absolute atomic E-state index is 14.8. The number of benzene rings is 2. The first-order valence-corrected chi connectivity index (χ1v) is 20.8. The number of halogens is 1. The number of nitrogens with one attached hydrogen (secondary N) is 3. The number of para-hydroxylation sites is 1. The molecule has 3 N–H and O–H groups in total. The van der Waals surface area contributed by atoms with Crippen LogP contribution in [0.15, 0.2) is 60.7 Å². The van der Waals surface area contributed by atoms with Crippen molar-refractivity contribution < 1.29 is 31.9 Å². The highest BCUT2D eigenvalue weighted by Crippen LogP contribution is 2.47. The quantitative estimate of drug-likeness (QED) is 0.285. The molecule has 0 radical (unpaired) electrons. The molecule has 11 nitrogen and oxygen atoms in total. The maximum Gasteiger partial charge on any atom is 0.259 e. The molecule has 5 unspecified atom stereocenters. The lowest BCUT2D eigenvalue weighted by atomic mass is 9.65. The van der Waals surface area contributed by atoms with Gasteiger partial charge in [-0.05, 0) is 95.9 Å². The number of ether oxygens (including phenoxy) is 1. The minimum atomic E-state index is -3.98. The highest BCUT2D eigenvalue weighted by molar-refractivity contribution is 7.91.